The molecule has 0 unspecified atom stereocenters. The molecule has 0 fully saturated rings. The molecular weight excluding hydrogens is 328 g/mol. The van der Waals surface area contributed by atoms with Crippen molar-refractivity contribution < 1.29 is 14.6 Å². The third kappa shape index (κ3) is 2.67. The standard InChI is InChI=1S/C17H16N2O4S/c1-3-13(17(21)22)19-9-18-15-14(16(19)20)12(8-24-15)10-4-6-11(23-2)7-5-10/h4-9,13H,3H2,1-2H3,(H,21,22)/t13-/m1/s1. The Kier molecular flexibility index (Phi) is 4.35. The summed E-state index contributed by atoms with van der Waals surface area (Å²) >= 11 is 1.37. The summed E-state index contributed by atoms with van der Waals surface area (Å²) in [5.74, 6) is -0.312. The van der Waals surface area contributed by atoms with E-state index < -0.39 is 12.0 Å². The molecule has 1 N–H and O–H groups in total. The van der Waals surface area contributed by atoms with Crippen LogP contribution in [-0.4, -0.2) is 27.7 Å². The van der Waals surface area contributed by atoms with Gasteiger partial charge in [0.05, 0.1) is 18.8 Å². The quantitative estimate of drug-likeness (QED) is 0.769. The lowest BCUT2D eigenvalue weighted by Gasteiger charge is -2.13. The van der Waals surface area contributed by atoms with E-state index >= 15 is 0 Å². The minimum atomic E-state index is -1.04. The highest BCUT2D eigenvalue weighted by atomic mass is 32.1. The van der Waals surface area contributed by atoms with Crippen molar-refractivity contribution in [1.29, 1.82) is 0 Å². The van der Waals surface area contributed by atoms with Crippen LogP contribution in [-0.2, 0) is 4.79 Å². The second kappa shape index (κ2) is 6.45. The van der Waals surface area contributed by atoms with E-state index in [0.717, 1.165) is 16.9 Å². The minimum Gasteiger partial charge on any atom is -0.497 e. The Balaban J connectivity index is 2.20. The largest absolute Gasteiger partial charge is 0.497 e. The zero-order valence-corrected chi connectivity index (χ0v) is 14.0. The number of methoxy groups -OCH3 is 1. The third-order valence-corrected chi connectivity index (χ3v) is 4.81. The average Bonchev–Trinajstić information content (AvgIpc) is 3.02. The summed E-state index contributed by atoms with van der Waals surface area (Å²) in [6, 6.07) is 6.45. The van der Waals surface area contributed by atoms with E-state index in [4.69, 9.17) is 4.74 Å². The molecule has 1 aromatic carbocycles. The molecule has 0 aliphatic carbocycles. The number of benzene rings is 1. The molecule has 6 nitrogen and oxygen atoms in total. The molecule has 0 spiro atoms. The van der Waals surface area contributed by atoms with E-state index in [2.05, 4.69) is 4.98 Å². The second-order valence-electron chi connectivity index (χ2n) is 5.28. The molecule has 124 valence electrons. The van der Waals surface area contributed by atoms with Crippen LogP contribution in [0.2, 0.25) is 0 Å². The van der Waals surface area contributed by atoms with Gasteiger partial charge < -0.3 is 9.84 Å². The first-order chi connectivity index (χ1) is 11.6. The summed E-state index contributed by atoms with van der Waals surface area (Å²) < 4.78 is 6.35. The van der Waals surface area contributed by atoms with Crippen molar-refractivity contribution in [3.63, 3.8) is 0 Å². The van der Waals surface area contributed by atoms with Gasteiger partial charge in [0.15, 0.2) is 0 Å². The van der Waals surface area contributed by atoms with Gasteiger partial charge >= 0.3 is 5.97 Å². The number of hydrogen-bond acceptors (Lipinski definition) is 5. The van der Waals surface area contributed by atoms with Crippen LogP contribution in [0.1, 0.15) is 19.4 Å². The number of aliphatic carboxylic acids is 1. The monoisotopic (exact) mass is 344 g/mol. The number of aromatic nitrogens is 2. The molecule has 3 rings (SSSR count). The maximum absolute atomic E-state index is 12.9. The summed E-state index contributed by atoms with van der Waals surface area (Å²) in [7, 11) is 1.59. The number of hydrogen-bond donors (Lipinski definition) is 1. The number of nitrogens with zero attached hydrogens (tertiary/aromatic N) is 2. The smallest absolute Gasteiger partial charge is 0.326 e. The number of ether oxygens (including phenoxy) is 1. The van der Waals surface area contributed by atoms with Crippen LogP contribution in [0.4, 0.5) is 0 Å². The van der Waals surface area contributed by atoms with E-state index in [1.54, 1.807) is 14.0 Å². The van der Waals surface area contributed by atoms with Crippen molar-refractivity contribution >= 4 is 27.5 Å². The number of carboxylic acid groups (broad SMARTS) is 1. The SMILES string of the molecule is CC[C@H](C(=O)O)n1cnc2scc(-c3ccc(OC)cc3)c2c1=O. The van der Waals surface area contributed by atoms with Gasteiger partial charge in [-0.3, -0.25) is 9.36 Å². The van der Waals surface area contributed by atoms with Gasteiger partial charge in [0.2, 0.25) is 0 Å². The van der Waals surface area contributed by atoms with E-state index in [1.165, 1.54) is 22.2 Å². The predicted octanol–water partition coefficient (Wildman–Crippen LogP) is 3.17. The molecule has 0 bridgehead atoms. The van der Waals surface area contributed by atoms with E-state index in [1.807, 2.05) is 29.6 Å². The van der Waals surface area contributed by atoms with Crippen LogP contribution in [0.25, 0.3) is 21.3 Å². The molecule has 0 saturated carbocycles. The van der Waals surface area contributed by atoms with Gasteiger partial charge in [0.25, 0.3) is 5.56 Å². The van der Waals surface area contributed by atoms with Gasteiger partial charge in [-0.2, -0.15) is 0 Å². The molecule has 0 saturated heterocycles. The molecule has 0 aliphatic rings. The Morgan fingerprint density at radius 1 is 1.38 bits per heavy atom. The fourth-order valence-electron chi connectivity index (χ4n) is 2.64. The molecule has 2 heterocycles. The second-order valence-corrected chi connectivity index (χ2v) is 6.14. The molecule has 0 radical (unpaired) electrons. The van der Waals surface area contributed by atoms with Crippen LogP contribution >= 0.6 is 11.3 Å². The Bertz CT molecular complexity index is 943. The van der Waals surface area contributed by atoms with Crippen LogP contribution in [0, 0.1) is 0 Å². The Hall–Kier alpha value is -2.67. The van der Waals surface area contributed by atoms with Crippen molar-refractivity contribution in [2.45, 2.75) is 19.4 Å². The summed E-state index contributed by atoms with van der Waals surface area (Å²) in [5, 5.41) is 11.6. The lowest BCUT2D eigenvalue weighted by molar-refractivity contribution is -0.141. The first-order valence-electron chi connectivity index (χ1n) is 7.42. The van der Waals surface area contributed by atoms with Crippen molar-refractivity contribution in [2.24, 2.45) is 0 Å². The lowest BCUT2D eigenvalue weighted by atomic mass is 10.1. The normalized spacial score (nSPS) is 12.2. The summed E-state index contributed by atoms with van der Waals surface area (Å²) in [5.41, 5.74) is 1.29. The van der Waals surface area contributed by atoms with Crippen LogP contribution < -0.4 is 10.3 Å². The zero-order chi connectivity index (χ0) is 17.3. The molecular formula is C17H16N2O4S. The Morgan fingerprint density at radius 2 is 2.08 bits per heavy atom. The predicted molar refractivity (Wildman–Crippen MR) is 92.8 cm³/mol. The Labute approximate surface area is 142 Å². The topological polar surface area (TPSA) is 81.4 Å². The van der Waals surface area contributed by atoms with Crippen molar-refractivity contribution in [3.8, 4) is 16.9 Å². The van der Waals surface area contributed by atoms with E-state index in [0.29, 0.717) is 16.6 Å². The Morgan fingerprint density at radius 3 is 2.67 bits per heavy atom. The molecule has 2 aromatic heterocycles. The van der Waals surface area contributed by atoms with Gasteiger partial charge in [-0.1, -0.05) is 19.1 Å². The summed E-state index contributed by atoms with van der Waals surface area (Å²) in [6.07, 6.45) is 1.63. The van der Waals surface area contributed by atoms with Gasteiger partial charge in [-0.15, -0.1) is 11.3 Å². The maximum atomic E-state index is 12.9. The van der Waals surface area contributed by atoms with Crippen molar-refractivity contribution in [1.82, 2.24) is 9.55 Å². The van der Waals surface area contributed by atoms with E-state index in [-0.39, 0.29) is 5.56 Å². The highest BCUT2D eigenvalue weighted by Crippen LogP contribution is 2.31. The summed E-state index contributed by atoms with van der Waals surface area (Å²) in [4.78, 5) is 29.1. The maximum Gasteiger partial charge on any atom is 0.326 e. The van der Waals surface area contributed by atoms with Crippen LogP contribution in [0.15, 0.2) is 40.8 Å². The number of fused-ring (bicyclic) bond motifs is 1. The van der Waals surface area contributed by atoms with Gasteiger partial charge in [0.1, 0.15) is 16.6 Å². The highest BCUT2D eigenvalue weighted by molar-refractivity contribution is 7.17. The van der Waals surface area contributed by atoms with E-state index in [9.17, 15) is 14.7 Å². The third-order valence-electron chi connectivity index (χ3n) is 3.93. The fraction of sp³-hybridized carbons (Fsp3) is 0.235. The van der Waals surface area contributed by atoms with Crippen LogP contribution in [0.3, 0.4) is 0 Å². The first-order valence-corrected chi connectivity index (χ1v) is 8.30. The number of carboxylic acids is 1. The number of rotatable bonds is 5. The highest BCUT2D eigenvalue weighted by Gasteiger charge is 2.21. The molecule has 24 heavy (non-hydrogen) atoms. The first kappa shape index (κ1) is 16.2. The van der Waals surface area contributed by atoms with Crippen molar-refractivity contribution in [2.75, 3.05) is 7.11 Å². The van der Waals surface area contributed by atoms with Gasteiger partial charge in [0, 0.05) is 10.9 Å². The minimum absolute atomic E-state index is 0.310. The zero-order valence-electron chi connectivity index (χ0n) is 13.2. The summed E-state index contributed by atoms with van der Waals surface area (Å²) in [6.45, 7) is 1.73. The number of thiophene rings is 1. The van der Waals surface area contributed by atoms with Gasteiger partial charge in [-0.25, -0.2) is 9.78 Å². The number of carbonyl (C=O) groups is 1. The van der Waals surface area contributed by atoms with Crippen molar-refractivity contribution in [3.05, 3.63) is 46.3 Å². The van der Waals surface area contributed by atoms with Crippen LogP contribution in [0.5, 0.6) is 5.75 Å². The average molecular weight is 344 g/mol. The molecule has 3 aromatic rings. The molecule has 0 amide bonds. The molecule has 0 aliphatic heterocycles. The van der Waals surface area contributed by atoms with Gasteiger partial charge in [-0.05, 0) is 24.1 Å². The fourth-order valence-corrected chi connectivity index (χ4v) is 3.55. The molecule has 7 heteroatoms. The lowest BCUT2D eigenvalue weighted by Crippen LogP contribution is -2.29. The molecule has 1 atom stereocenters.